The Bertz CT molecular complexity index is 1470. The minimum Gasteiger partial charge on any atom is -0.486 e. The fraction of sp³-hybridized carbons (Fsp3) is 0.125. The van der Waals surface area contributed by atoms with Crippen molar-refractivity contribution in [2.75, 3.05) is 29.0 Å². The SMILES string of the molecule is O=C(CSc1nnc(-c2ccc(NS(=O)(=O)c3ccccc3)cc2)o1)Nc1ccc2c(c1)OCCO2. The third-order valence-corrected chi connectivity index (χ3v) is 7.21. The highest BCUT2D eigenvalue weighted by atomic mass is 32.2. The molecule has 0 aliphatic carbocycles. The first-order chi connectivity index (χ1) is 17.5. The number of nitrogens with one attached hydrogen (secondary N) is 2. The normalized spacial score (nSPS) is 12.7. The third kappa shape index (κ3) is 5.61. The van der Waals surface area contributed by atoms with E-state index < -0.39 is 10.0 Å². The first kappa shape index (κ1) is 23.7. The van der Waals surface area contributed by atoms with Crippen LogP contribution in [0.25, 0.3) is 11.5 Å². The Morgan fingerprint density at radius 3 is 2.39 bits per heavy atom. The average Bonchev–Trinajstić information content (AvgIpc) is 3.37. The van der Waals surface area contributed by atoms with Crippen LogP contribution in [0.1, 0.15) is 0 Å². The summed E-state index contributed by atoms with van der Waals surface area (Å²) in [6.45, 7) is 0.963. The quantitative estimate of drug-likeness (QED) is 0.328. The summed E-state index contributed by atoms with van der Waals surface area (Å²) in [6.07, 6.45) is 0. The Kier molecular flexibility index (Phi) is 6.78. The highest BCUT2D eigenvalue weighted by Crippen LogP contribution is 2.33. The lowest BCUT2D eigenvalue weighted by molar-refractivity contribution is -0.113. The second kappa shape index (κ2) is 10.3. The van der Waals surface area contributed by atoms with Crippen molar-refractivity contribution in [3.63, 3.8) is 0 Å². The van der Waals surface area contributed by atoms with Crippen molar-refractivity contribution in [3.05, 3.63) is 72.8 Å². The maximum absolute atomic E-state index is 12.5. The molecule has 12 heteroatoms. The molecule has 0 fully saturated rings. The first-order valence-electron chi connectivity index (χ1n) is 10.8. The molecule has 0 unspecified atom stereocenters. The molecule has 1 aliphatic rings. The van der Waals surface area contributed by atoms with E-state index in [1.54, 1.807) is 60.7 Å². The van der Waals surface area contributed by atoms with Gasteiger partial charge in [-0.2, -0.15) is 0 Å². The fourth-order valence-corrected chi connectivity index (χ4v) is 4.97. The first-order valence-corrected chi connectivity index (χ1v) is 13.3. The summed E-state index contributed by atoms with van der Waals surface area (Å²) in [6, 6.07) is 19.8. The van der Waals surface area contributed by atoms with E-state index in [1.807, 2.05) is 0 Å². The Morgan fingerprint density at radius 2 is 1.61 bits per heavy atom. The van der Waals surface area contributed by atoms with Crippen LogP contribution in [-0.4, -0.2) is 43.5 Å². The van der Waals surface area contributed by atoms with Gasteiger partial charge in [-0.3, -0.25) is 9.52 Å². The number of amides is 1. The molecule has 1 aromatic heterocycles. The summed E-state index contributed by atoms with van der Waals surface area (Å²) in [5.41, 5.74) is 1.60. The molecule has 2 heterocycles. The van der Waals surface area contributed by atoms with Crippen LogP contribution in [0.3, 0.4) is 0 Å². The monoisotopic (exact) mass is 524 g/mol. The van der Waals surface area contributed by atoms with Crippen molar-refractivity contribution < 1.29 is 27.1 Å². The lowest BCUT2D eigenvalue weighted by Crippen LogP contribution is -2.17. The fourth-order valence-electron chi connectivity index (χ4n) is 3.32. The van der Waals surface area contributed by atoms with Gasteiger partial charge in [0.15, 0.2) is 11.5 Å². The summed E-state index contributed by atoms with van der Waals surface area (Å²) in [5, 5.41) is 11.0. The maximum atomic E-state index is 12.5. The zero-order chi connectivity index (χ0) is 25.0. The molecule has 1 aliphatic heterocycles. The number of anilines is 2. The third-order valence-electron chi connectivity index (χ3n) is 5.00. The highest BCUT2D eigenvalue weighted by Gasteiger charge is 2.16. The van der Waals surface area contributed by atoms with Gasteiger partial charge in [0.2, 0.25) is 11.8 Å². The zero-order valence-electron chi connectivity index (χ0n) is 18.7. The molecule has 184 valence electrons. The van der Waals surface area contributed by atoms with Crippen molar-refractivity contribution in [1.29, 1.82) is 0 Å². The molecule has 0 bridgehead atoms. The van der Waals surface area contributed by atoms with E-state index in [9.17, 15) is 13.2 Å². The summed E-state index contributed by atoms with van der Waals surface area (Å²) in [4.78, 5) is 12.5. The van der Waals surface area contributed by atoms with Crippen molar-refractivity contribution >= 4 is 39.1 Å². The highest BCUT2D eigenvalue weighted by molar-refractivity contribution is 7.99. The Morgan fingerprint density at radius 1 is 0.889 bits per heavy atom. The van der Waals surface area contributed by atoms with Crippen LogP contribution in [0, 0.1) is 0 Å². The number of rotatable bonds is 8. The van der Waals surface area contributed by atoms with E-state index in [1.165, 1.54) is 12.1 Å². The summed E-state index contributed by atoms with van der Waals surface area (Å²) >= 11 is 1.10. The second-order valence-corrected chi connectivity index (χ2v) is 10.2. The van der Waals surface area contributed by atoms with Crippen molar-refractivity contribution in [2.24, 2.45) is 0 Å². The van der Waals surface area contributed by atoms with E-state index in [4.69, 9.17) is 13.9 Å². The van der Waals surface area contributed by atoms with Gasteiger partial charge in [0.05, 0.1) is 10.6 Å². The smallest absolute Gasteiger partial charge is 0.277 e. The molecular formula is C24H20N4O6S2. The number of hydrogen-bond donors (Lipinski definition) is 2. The number of ether oxygens (including phenoxy) is 2. The van der Waals surface area contributed by atoms with Crippen LogP contribution in [-0.2, 0) is 14.8 Å². The van der Waals surface area contributed by atoms with Gasteiger partial charge < -0.3 is 19.2 Å². The number of carbonyl (C=O) groups excluding carboxylic acids is 1. The van der Waals surface area contributed by atoms with Gasteiger partial charge in [0, 0.05) is 23.0 Å². The molecule has 0 saturated carbocycles. The number of benzene rings is 3. The van der Waals surface area contributed by atoms with Gasteiger partial charge in [-0.15, -0.1) is 10.2 Å². The molecule has 4 aromatic rings. The van der Waals surface area contributed by atoms with Crippen LogP contribution in [0.5, 0.6) is 11.5 Å². The Labute approximate surface area is 211 Å². The minimum atomic E-state index is -3.69. The lowest BCUT2D eigenvalue weighted by Gasteiger charge is -2.18. The van der Waals surface area contributed by atoms with Gasteiger partial charge >= 0.3 is 0 Å². The molecule has 0 radical (unpaired) electrons. The molecule has 0 atom stereocenters. The van der Waals surface area contributed by atoms with Gasteiger partial charge in [-0.1, -0.05) is 30.0 Å². The van der Waals surface area contributed by atoms with Crippen molar-refractivity contribution in [3.8, 4) is 23.0 Å². The molecule has 0 saturated heterocycles. The molecule has 10 nitrogen and oxygen atoms in total. The molecule has 1 amide bonds. The van der Waals surface area contributed by atoms with Crippen LogP contribution < -0.4 is 19.5 Å². The number of sulfonamides is 1. The average molecular weight is 525 g/mol. The van der Waals surface area contributed by atoms with Crippen LogP contribution >= 0.6 is 11.8 Å². The van der Waals surface area contributed by atoms with E-state index in [0.717, 1.165) is 11.8 Å². The second-order valence-electron chi connectivity index (χ2n) is 7.56. The number of fused-ring (bicyclic) bond motifs is 1. The Balaban J connectivity index is 1.16. The predicted molar refractivity (Wildman–Crippen MR) is 134 cm³/mol. The predicted octanol–water partition coefficient (Wildman–Crippen LogP) is 4.04. The van der Waals surface area contributed by atoms with Gasteiger partial charge in [0.25, 0.3) is 15.2 Å². The van der Waals surface area contributed by atoms with Crippen molar-refractivity contribution in [2.45, 2.75) is 10.1 Å². The lowest BCUT2D eigenvalue weighted by atomic mass is 10.2. The molecule has 0 spiro atoms. The molecular weight excluding hydrogens is 504 g/mol. The number of nitrogens with zero attached hydrogens (tertiary/aromatic N) is 2. The summed E-state index contributed by atoms with van der Waals surface area (Å²) in [7, 11) is -3.69. The molecule has 5 rings (SSSR count). The van der Waals surface area contributed by atoms with E-state index in [-0.39, 0.29) is 27.7 Å². The largest absolute Gasteiger partial charge is 0.486 e. The molecule has 2 N–H and O–H groups in total. The topological polar surface area (TPSA) is 133 Å². The van der Waals surface area contributed by atoms with Gasteiger partial charge in [0.1, 0.15) is 13.2 Å². The number of aromatic nitrogens is 2. The standard InChI is InChI=1S/C24H20N4O6S2/c29-22(25-18-10-11-20-21(14-18)33-13-12-32-20)15-35-24-27-26-23(34-24)16-6-8-17(9-7-16)28-36(30,31)19-4-2-1-3-5-19/h1-11,14,28H,12-13,15H2,(H,25,29). The maximum Gasteiger partial charge on any atom is 0.277 e. The summed E-state index contributed by atoms with van der Waals surface area (Å²) in [5.74, 6) is 1.31. The minimum absolute atomic E-state index is 0.0658. The number of thioether (sulfide) groups is 1. The zero-order valence-corrected chi connectivity index (χ0v) is 20.3. The van der Waals surface area contributed by atoms with Crippen LogP contribution in [0.15, 0.2) is 87.3 Å². The van der Waals surface area contributed by atoms with Gasteiger partial charge in [-0.25, -0.2) is 8.42 Å². The van der Waals surface area contributed by atoms with Crippen LogP contribution in [0.4, 0.5) is 11.4 Å². The van der Waals surface area contributed by atoms with E-state index in [0.29, 0.717) is 41.7 Å². The van der Waals surface area contributed by atoms with Crippen LogP contribution in [0.2, 0.25) is 0 Å². The van der Waals surface area contributed by atoms with Gasteiger partial charge in [-0.05, 0) is 48.5 Å². The Hall–Kier alpha value is -4.03. The number of hydrogen-bond acceptors (Lipinski definition) is 9. The number of carbonyl (C=O) groups is 1. The van der Waals surface area contributed by atoms with E-state index in [2.05, 4.69) is 20.2 Å². The molecule has 3 aromatic carbocycles. The van der Waals surface area contributed by atoms with E-state index >= 15 is 0 Å². The molecule has 36 heavy (non-hydrogen) atoms. The summed E-state index contributed by atoms with van der Waals surface area (Å²) < 4.78 is 44.1. The van der Waals surface area contributed by atoms with Crippen molar-refractivity contribution in [1.82, 2.24) is 10.2 Å².